The Morgan fingerprint density at radius 3 is 2.67 bits per heavy atom. The van der Waals surface area contributed by atoms with Crippen LogP contribution in [0.5, 0.6) is 0 Å². The van der Waals surface area contributed by atoms with Crippen molar-refractivity contribution in [3.63, 3.8) is 0 Å². The van der Waals surface area contributed by atoms with E-state index in [1.54, 1.807) is 0 Å². The van der Waals surface area contributed by atoms with Crippen LogP contribution in [-0.4, -0.2) is 54.8 Å². The molecule has 0 aliphatic carbocycles. The van der Waals surface area contributed by atoms with Gasteiger partial charge < -0.3 is 21.3 Å². The molecule has 0 aromatic carbocycles. The Morgan fingerprint density at radius 1 is 1.33 bits per heavy atom. The highest BCUT2D eigenvalue weighted by atomic mass is 16.2. The first kappa shape index (κ1) is 14.4. The fourth-order valence-corrected chi connectivity index (χ4v) is 1.98. The van der Waals surface area contributed by atoms with Crippen molar-refractivity contribution in [2.75, 3.05) is 26.2 Å². The Hall–Kier alpha value is -1.63. The van der Waals surface area contributed by atoms with Gasteiger partial charge in [-0.1, -0.05) is 0 Å². The number of carbonyl (C=O) groups excluding carboxylic acids is 3. The van der Waals surface area contributed by atoms with Gasteiger partial charge in [0.2, 0.25) is 17.7 Å². The summed E-state index contributed by atoms with van der Waals surface area (Å²) in [5.74, 6) is -0.660. The molecule has 0 aromatic rings. The highest BCUT2D eigenvalue weighted by molar-refractivity contribution is 5.90. The van der Waals surface area contributed by atoms with Crippen LogP contribution in [-0.2, 0) is 14.4 Å². The van der Waals surface area contributed by atoms with E-state index in [2.05, 4.69) is 10.6 Å². The van der Waals surface area contributed by atoms with Crippen molar-refractivity contribution < 1.29 is 14.4 Å². The molecule has 1 aliphatic heterocycles. The molecule has 0 radical (unpaired) electrons. The van der Waals surface area contributed by atoms with Crippen molar-refractivity contribution in [3.05, 3.63) is 0 Å². The summed E-state index contributed by atoms with van der Waals surface area (Å²) in [5.41, 5.74) is 5.24. The minimum absolute atomic E-state index is 0.0823. The van der Waals surface area contributed by atoms with Gasteiger partial charge in [0.05, 0.1) is 6.54 Å². The van der Waals surface area contributed by atoms with E-state index in [-0.39, 0.29) is 24.3 Å². The molecule has 1 heterocycles. The lowest BCUT2D eigenvalue weighted by Crippen LogP contribution is -2.48. The van der Waals surface area contributed by atoms with Crippen LogP contribution in [0.1, 0.15) is 19.8 Å². The molecule has 3 amide bonds. The number of likely N-dealkylation sites (tertiary alicyclic amines) is 1. The molecule has 0 aromatic heterocycles. The topological polar surface area (TPSA) is 105 Å². The molecule has 102 valence electrons. The molecule has 0 saturated carbocycles. The van der Waals surface area contributed by atoms with Crippen LogP contribution in [0.2, 0.25) is 0 Å². The summed E-state index contributed by atoms with van der Waals surface area (Å²) in [7, 11) is 0. The molecule has 1 aliphatic rings. The number of nitrogens with zero attached hydrogens (tertiary/aromatic N) is 1. The van der Waals surface area contributed by atoms with E-state index >= 15 is 0 Å². The third-order valence-corrected chi connectivity index (χ3v) is 2.85. The average Bonchev–Trinajstić information content (AvgIpc) is 2.82. The molecule has 7 nitrogen and oxygen atoms in total. The number of carbonyl (C=O) groups is 3. The molecular weight excluding hydrogens is 236 g/mol. The van der Waals surface area contributed by atoms with E-state index in [9.17, 15) is 14.4 Å². The number of nitrogens with two attached hydrogens (primary N) is 1. The maximum atomic E-state index is 11.8. The van der Waals surface area contributed by atoms with Crippen LogP contribution >= 0.6 is 0 Å². The van der Waals surface area contributed by atoms with E-state index in [4.69, 9.17) is 5.73 Å². The fraction of sp³-hybridized carbons (Fsp3) is 0.727. The second kappa shape index (κ2) is 6.95. The van der Waals surface area contributed by atoms with Crippen LogP contribution in [0.3, 0.4) is 0 Å². The first-order valence-electron chi connectivity index (χ1n) is 6.08. The molecule has 1 rings (SSSR count). The quantitative estimate of drug-likeness (QED) is 0.539. The summed E-state index contributed by atoms with van der Waals surface area (Å²) in [6.07, 6.45) is 1.47. The maximum Gasteiger partial charge on any atom is 0.243 e. The second-order valence-electron chi connectivity index (χ2n) is 4.23. The summed E-state index contributed by atoms with van der Waals surface area (Å²) < 4.78 is 0. The van der Waals surface area contributed by atoms with Gasteiger partial charge in [-0.25, -0.2) is 0 Å². The summed E-state index contributed by atoms with van der Waals surface area (Å²) in [6.45, 7) is 2.71. The molecule has 1 atom stereocenters. The third-order valence-electron chi connectivity index (χ3n) is 2.85. The van der Waals surface area contributed by atoms with E-state index < -0.39 is 6.04 Å². The van der Waals surface area contributed by atoms with Gasteiger partial charge in [-0.05, 0) is 12.8 Å². The Bertz CT molecular complexity index is 332. The molecule has 4 N–H and O–H groups in total. The Morgan fingerprint density at radius 2 is 2.06 bits per heavy atom. The Kier molecular flexibility index (Phi) is 5.57. The predicted octanol–water partition coefficient (Wildman–Crippen LogP) is -1.81. The monoisotopic (exact) mass is 256 g/mol. The van der Waals surface area contributed by atoms with Gasteiger partial charge in [-0.15, -0.1) is 0 Å². The summed E-state index contributed by atoms with van der Waals surface area (Å²) in [6, 6.07) is -0.440. The third kappa shape index (κ3) is 3.99. The molecule has 7 heteroatoms. The smallest absolute Gasteiger partial charge is 0.243 e. The van der Waals surface area contributed by atoms with Crippen LogP contribution in [0.25, 0.3) is 0 Å². The molecule has 1 saturated heterocycles. The first-order valence-corrected chi connectivity index (χ1v) is 6.08. The van der Waals surface area contributed by atoms with Crippen molar-refractivity contribution in [2.24, 2.45) is 5.73 Å². The van der Waals surface area contributed by atoms with E-state index in [1.165, 1.54) is 11.8 Å². The second-order valence-corrected chi connectivity index (χ2v) is 4.23. The average molecular weight is 256 g/mol. The van der Waals surface area contributed by atoms with Crippen LogP contribution in [0.15, 0.2) is 0 Å². The number of hydrogen-bond acceptors (Lipinski definition) is 4. The first-order chi connectivity index (χ1) is 8.56. The Labute approximate surface area is 106 Å². The number of hydrogen-bond donors (Lipinski definition) is 3. The standard InChI is InChI=1S/C11H20N4O3/c1-8(16)15-6-2-3-9(15)11(18)14-7-10(17)13-5-4-12/h9H,2-7,12H2,1H3,(H,13,17)(H,14,18). The molecule has 0 spiro atoms. The van der Waals surface area contributed by atoms with E-state index in [1.807, 2.05) is 0 Å². The van der Waals surface area contributed by atoms with Crippen LogP contribution in [0, 0.1) is 0 Å². The highest BCUT2D eigenvalue weighted by Gasteiger charge is 2.32. The summed E-state index contributed by atoms with van der Waals surface area (Å²) in [5, 5.41) is 5.09. The molecule has 1 unspecified atom stereocenters. The zero-order valence-electron chi connectivity index (χ0n) is 10.6. The number of nitrogens with one attached hydrogen (secondary N) is 2. The molecular formula is C11H20N4O3. The lowest BCUT2D eigenvalue weighted by Gasteiger charge is -2.22. The highest BCUT2D eigenvalue weighted by Crippen LogP contribution is 2.17. The SMILES string of the molecule is CC(=O)N1CCCC1C(=O)NCC(=O)NCCN. The molecule has 0 bridgehead atoms. The van der Waals surface area contributed by atoms with Gasteiger partial charge in [0.15, 0.2) is 0 Å². The number of amides is 3. The van der Waals surface area contributed by atoms with Crippen molar-refractivity contribution in [3.8, 4) is 0 Å². The van der Waals surface area contributed by atoms with Gasteiger partial charge in [0.25, 0.3) is 0 Å². The van der Waals surface area contributed by atoms with E-state index in [0.717, 1.165) is 6.42 Å². The van der Waals surface area contributed by atoms with Gasteiger partial charge in [-0.3, -0.25) is 14.4 Å². The summed E-state index contributed by atoms with van der Waals surface area (Å²) >= 11 is 0. The zero-order chi connectivity index (χ0) is 13.5. The molecule has 1 fully saturated rings. The lowest BCUT2D eigenvalue weighted by atomic mass is 10.2. The largest absolute Gasteiger partial charge is 0.353 e. The number of rotatable bonds is 5. The van der Waals surface area contributed by atoms with Gasteiger partial charge in [0, 0.05) is 26.6 Å². The fourth-order valence-electron chi connectivity index (χ4n) is 1.98. The van der Waals surface area contributed by atoms with Gasteiger partial charge in [-0.2, -0.15) is 0 Å². The van der Waals surface area contributed by atoms with Crippen LogP contribution in [0.4, 0.5) is 0 Å². The minimum Gasteiger partial charge on any atom is -0.353 e. The predicted molar refractivity (Wildman–Crippen MR) is 65.5 cm³/mol. The Balaban J connectivity index is 2.36. The van der Waals surface area contributed by atoms with Gasteiger partial charge in [0.1, 0.15) is 6.04 Å². The van der Waals surface area contributed by atoms with Crippen LogP contribution < -0.4 is 16.4 Å². The minimum atomic E-state index is -0.440. The van der Waals surface area contributed by atoms with Crippen molar-refractivity contribution >= 4 is 17.7 Å². The lowest BCUT2D eigenvalue weighted by molar-refractivity contribution is -0.137. The normalized spacial score (nSPS) is 18.6. The maximum absolute atomic E-state index is 11.8. The van der Waals surface area contributed by atoms with Crippen molar-refractivity contribution in [2.45, 2.75) is 25.8 Å². The van der Waals surface area contributed by atoms with Crippen molar-refractivity contribution in [1.82, 2.24) is 15.5 Å². The molecule has 18 heavy (non-hydrogen) atoms. The van der Waals surface area contributed by atoms with Crippen molar-refractivity contribution in [1.29, 1.82) is 0 Å². The van der Waals surface area contributed by atoms with Gasteiger partial charge >= 0.3 is 0 Å². The zero-order valence-corrected chi connectivity index (χ0v) is 10.6. The van der Waals surface area contributed by atoms with E-state index in [0.29, 0.717) is 26.1 Å². The summed E-state index contributed by atoms with van der Waals surface area (Å²) in [4.78, 5) is 35.9.